The molecule has 1 amide bonds. The SMILES string of the molecule is CCC(=O)N1CCC(Cc2ccc(CN3CCCCC3)cc2)CC1. The van der Waals surface area contributed by atoms with Gasteiger partial charge in [-0.2, -0.15) is 0 Å². The van der Waals surface area contributed by atoms with Gasteiger partial charge in [0.2, 0.25) is 5.91 Å². The van der Waals surface area contributed by atoms with E-state index in [1.165, 1.54) is 43.5 Å². The Hall–Kier alpha value is -1.35. The normalized spacial score (nSPS) is 20.3. The Kier molecular flexibility index (Phi) is 6.30. The van der Waals surface area contributed by atoms with Crippen LogP contribution < -0.4 is 0 Å². The summed E-state index contributed by atoms with van der Waals surface area (Å²) in [4.78, 5) is 16.4. The summed E-state index contributed by atoms with van der Waals surface area (Å²) in [6.07, 6.45) is 8.23. The molecule has 0 saturated carbocycles. The maximum Gasteiger partial charge on any atom is 0.222 e. The van der Waals surface area contributed by atoms with Gasteiger partial charge in [-0.3, -0.25) is 9.69 Å². The first-order chi connectivity index (χ1) is 11.7. The third kappa shape index (κ3) is 4.83. The fourth-order valence-electron chi connectivity index (χ4n) is 4.10. The molecule has 1 aromatic rings. The summed E-state index contributed by atoms with van der Waals surface area (Å²) in [6, 6.07) is 9.28. The molecule has 0 N–H and O–H groups in total. The molecule has 2 saturated heterocycles. The molecule has 0 aromatic heterocycles. The highest BCUT2D eigenvalue weighted by molar-refractivity contribution is 5.75. The van der Waals surface area contributed by atoms with Gasteiger partial charge in [-0.05, 0) is 62.2 Å². The third-order valence-electron chi connectivity index (χ3n) is 5.67. The first-order valence-corrected chi connectivity index (χ1v) is 9.82. The highest BCUT2D eigenvalue weighted by Gasteiger charge is 2.21. The van der Waals surface area contributed by atoms with Crippen LogP contribution >= 0.6 is 0 Å². The summed E-state index contributed by atoms with van der Waals surface area (Å²) in [6.45, 7) is 7.49. The third-order valence-corrected chi connectivity index (χ3v) is 5.67. The van der Waals surface area contributed by atoms with E-state index in [1.807, 2.05) is 11.8 Å². The van der Waals surface area contributed by atoms with E-state index < -0.39 is 0 Å². The predicted molar refractivity (Wildman–Crippen MR) is 98.9 cm³/mol. The topological polar surface area (TPSA) is 23.6 Å². The van der Waals surface area contributed by atoms with Gasteiger partial charge < -0.3 is 4.90 Å². The van der Waals surface area contributed by atoms with Crippen LogP contribution in [0, 0.1) is 5.92 Å². The highest BCUT2D eigenvalue weighted by Crippen LogP contribution is 2.22. The summed E-state index contributed by atoms with van der Waals surface area (Å²) < 4.78 is 0. The van der Waals surface area contributed by atoms with Gasteiger partial charge in [0.15, 0.2) is 0 Å². The lowest BCUT2D eigenvalue weighted by atomic mass is 9.90. The second kappa shape index (κ2) is 8.66. The van der Waals surface area contributed by atoms with Crippen LogP contribution in [0.3, 0.4) is 0 Å². The van der Waals surface area contributed by atoms with Crippen molar-refractivity contribution in [2.24, 2.45) is 5.92 Å². The molecule has 3 rings (SSSR count). The van der Waals surface area contributed by atoms with Gasteiger partial charge in [0.25, 0.3) is 0 Å². The number of hydrogen-bond acceptors (Lipinski definition) is 2. The van der Waals surface area contributed by atoms with Gasteiger partial charge in [-0.25, -0.2) is 0 Å². The molecule has 2 heterocycles. The molecule has 0 bridgehead atoms. The van der Waals surface area contributed by atoms with E-state index in [0.717, 1.165) is 44.8 Å². The Morgan fingerprint density at radius 3 is 2.21 bits per heavy atom. The van der Waals surface area contributed by atoms with Crippen molar-refractivity contribution in [1.29, 1.82) is 0 Å². The molecular formula is C21H32N2O. The zero-order valence-electron chi connectivity index (χ0n) is 15.2. The Balaban J connectivity index is 1.45. The summed E-state index contributed by atoms with van der Waals surface area (Å²) in [5, 5.41) is 0. The zero-order valence-corrected chi connectivity index (χ0v) is 15.2. The average Bonchev–Trinajstić information content (AvgIpc) is 2.64. The van der Waals surface area contributed by atoms with Crippen molar-refractivity contribution in [2.75, 3.05) is 26.2 Å². The number of nitrogens with zero attached hydrogens (tertiary/aromatic N) is 2. The molecule has 0 unspecified atom stereocenters. The monoisotopic (exact) mass is 328 g/mol. The van der Waals surface area contributed by atoms with E-state index >= 15 is 0 Å². The number of amides is 1. The minimum Gasteiger partial charge on any atom is -0.343 e. The number of carbonyl (C=O) groups is 1. The molecule has 2 aliphatic heterocycles. The summed E-state index contributed by atoms with van der Waals surface area (Å²) in [7, 11) is 0. The Bertz CT molecular complexity index is 511. The van der Waals surface area contributed by atoms with Gasteiger partial charge in [0.1, 0.15) is 0 Å². The van der Waals surface area contributed by atoms with Crippen LogP contribution in [-0.4, -0.2) is 41.9 Å². The number of carbonyl (C=O) groups excluding carboxylic acids is 1. The number of rotatable bonds is 5. The maximum atomic E-state index is 11.8. The summed E-state index contributed by atoms with van der Waals surface area (Å²) >= 11 is 0. The quantitative estimate of drug-likeness (QED) is 0.819. The fourth-order valence-corrected chi connectivity index (χ4v) is 4.10. The lowest BCUT2D eigenvalue weighted by Crippen LogP contribution is -2.38. The second-order valence-corrected chi connectivity index (χ2v) is 7.54. The highest BCUT2D eigenvalue weighted by atomic mass is 16.2. The lowest BCUT2D eigenvalue weighted by molar-refractivity contribution is -0.132. The van der Waals surface area contributed by atoms with Crippen LogP contribution in [-0.2, 0) is 17.8 Å². The molecule has 3 nitrogen and oxygen atoms in total. The molecule has 0 radical (unpaired) electrons. The van der Waals surface area contributed by atoms with Gasteiger partial charge in [-0.15, -0.1) is 0 Å². The van der Waals surface area contributed by atoms with Crippen LogP contribution in [0.1, 0.15) is 56.6 Å². The van der Waals surface area contributed by atoms with E-state index in [9.17, 15) is 4.79 Å². The second-order valence-electron chi connectivity index (χ2n) is 7.54. The predicted octanol–water partition coefficient (Wildman–Crippen LogP) is 3.86. The molecule has 2 aliphatic rings. The van der Waals surface area contributed by atoms with Crippen molar-refractivity contribution in [2.45, 2.75) is 58.4 Å². The van der Waals surface area contributed by atoms with Crippen molar-refractivity contribution >= 4 is 5.91 Å². The Labute approximate surface area is 147 Å². The lowest BCUT2D eigenvalue weighted by Gasteiger charge is -2.32. The largest absolute Gasteiger partial charge is 0.343 e. The molecule has 1 aromatic carbocycles. The minimum absolute atomic E-state index is 0.315. The smallest absolute Gasteiger partial charge is 0.222 e. The molecular weight excluding hydrogens is 296 g/mol. The van der Waals surface area contributed by atoms with Crippen molar-refractivity contribution in [3.63, 3.8) is 0 Å². The molecule has 0 atom stereocenters. The van der Waals surface area contributed by atoms with Gasteiger partial charge in [0, 0.05) is 26.1 Å². The van der Waals surface area contributed by atoms with Crippen molar-refractivity contribution in [1.82, 2.24) is 9.80 Å². The number of hydrogen-bond donors (Lipinski definition) is 0. The van der Waals surface area contributed by atoms with Crippen LogP contribution in [0.5, 0.6) is 0 Å². The summed E-state index contributed by atoms with van der Waals surface area (Å²) in [5.41, 5.74) is 2.90. The zero-order chi connectivity index (χ0) is 16.8. The first-order valence-electron chi connectivity index (χ1n) is 9.82. The van der Waals surface area contributed by atoms with E-state index in [0.29, 0.717) is 12.3 Å². The van der Waals surface area contributed by atoms with E-state index in [1.54, 1.807) is 0 Å². The van der Waals surface area contributed by atoms with Crippen molar-refractivity contribution < 1.29 is 4.79 Å². The number of likely N-dealkylation sites (tertiary alicyclic amines) is 2. The molecule has 0 spiro atoms. The molecule has 0 aliphatic carbocycles. The molecule has 24 heavy (non-hydrogen) atoms. The van der Waals surface area contributed by atoms with E-state index in [4.69, 9.17) is 0 Å². The van der Waals surface area contributed by atoms with Crippen LogP contribution in [0.4, 0.5) is 0 Å². The molecule has 3 heteroatoms. The first kappa shape index (κ1) is 17.5. The van der Waals surface area contributed by atoms with Gasteiger partial charge in [-0.1, -0.05) is 37.6 Å². The fraction of sp³-hybridized carbons (Fsp3) is 0.667. The van der Waals surface area contributed by atoms with Crippen LogP contribution in [0.15, 0.2) is 24.3 Å². The maximum absolute atomic E-state index is 11.8. The molecule has 2 fully saturated rings. The van der Waals surface area contributed by atoms with Crippen LogP contribution in [0.2, 0.25) is 0 Å². The van der Waals surface area contributed by atoms with Crippen molar-refractivity contribution in [3.8, 4) is 0 Å². The van der Waals surface area contributed by atoms with Crippen molar-refractivity contribution in [3.05, 3.63) is 35.4 Å². The van der Waals surface area contributed by atoms with Gasteiger partial charge >= 0.3 is 0 Å². The minimum atomic E-state index is 0.315. The average molecular weight is 329 g/mol. The Morgan fingerprint density at radius 1 is 0.958 bits per heavy atom. The van der Waals surface area contributed by atoms with E-state index in [2.05, 4.69) is 29.2 Å². The van der Waals surface area contributed by atoms with Gasteiger partial charge in [0.05, 0.1) is 0 Å². The number of piperidine rings is 2. The van der Waals surface area contributed by atoms with Crippen LogP contribution in [0.25, 0.3) is 0 Å². The molecule has 132 valence electrons. The standard InChI is InChI=1S/C21H32N2O/c1-2-21(24)23-14-10-19(11-15-23)16-18-6-8-20(9-7-18)17-22-12-4-3-5-13-22/h6-9,19H,2-5,10-17H2,1H3. The summed E-state index contributed by atoms with van der Waals surface area (Å²) in [5.74, 6) is 1.05. The Morgan fingerprint density at radius 2 is 1.58 bits per heavy atom. The number of benzene rings is 1. The van der Waals surface area contributed by atoms with E-state index in [-0.39, 0.29) is 0 Å².